The Bertz CT molecular complexity index is 297. The van der Waals surface area contributed by atoms with Crippen molar-refractivity contribution < 1.29 is 9.47 Å². The Balaban J connectivity index is 1.65. The van der Waals surface area contributed by atoms with Gasteiger partial charge in [-0.2, -0.15) is 0 Å². The molecule has 1 aliphatic heterocycles. The van der Waals surface area contributed by atoms with Crippen LogP contribution in [0.1, 0.15) is 25.0 Å². The fourth-order valence-corrected chi connectivity index (χ4v) is 2.17. The molecule has 0 bridgehead atoms. The first-order valence-corrected chi connectivity index (χ1v) is 6.12. The topological polar surface area (TPSA) is 57.4 Å². The van der Waals surface area contributed by atoms with Crippen LogP contribution in [0, 0.1) is 0 Å². The molecule has 1 fully saturated rings. The molecule has 1 atom stereocenters. The van der Waals surface area contributed by atoms with Crippen LogP contribution in [-0.4, -0.2) is 24.3 Å². The highest BCUT2D eigenvalue weighted by Crippen LogP contribution is 2.15. The van der Waals surface area contributed by atoms with Crippen LogP contribution in [0.3, 0.4) is 0 Å². The fraction of sp³-hybridized carbons (Fsp3) is 0.700. The third-order valence-corrected chi connectivity index (χ3v) is 3.12. The Morgan fingerprint density at radius 3 is 3.20 bits per heavy atom. The number of nitrogen functional groups attached to an aromatic ring is 1. The molecule has 0 spiro atoms. The van der Waals surface area contributed by atoms with E-state index in [-0.39, 0.29) is 6.10 Å². The molecule has 0 radical (unpaired) electrons. The zero-order chi connectivity index (χ0) is 10.5. The van der Waals surface area contributed by atoms with Gasteiger partial charge in [-0.25, -0.2) is 4.98 Å². The molecule has 5 heteroatoms. The second kappa shape index (κ2) is 5.44. The summed E-state index contributed by atoms with van der Waals surface area (Å²) in [6, 6.07) is 0. The van der Waals surface area contributed by atoms with Crippen LogP contribution in [0.15, 0.2) is 5.38 Å². The summed E-state index contributed by atoms with van der Waals surface area (Å²) in [5, 5.41) is 2.53. The standard InChI is InChI=1S/C10H16N2O2S/c11-10-12-8(7-15-10)5-13-6-9-3-1-2-4-14-9/h7,9H,1-6H2,(H2,11,12). The van der Waals surface area contributed by atoms with Crippen molar-refractivity contribution in [3.63, 3.8) is 0 Å². The zero-order valence-electron chi connectivity index (χ0n) is 8.65. The third-order valence-electron chi connectivity index (χ3n) is 2.40. The molecule has 4 nitrogen and oxygen atoms in total. The molecule has 1 saturated heterocycles. The first-order chi connectivity index (χ1) is 7.34. The lowest BCUT2D eigenvalue weighted by Gasteiger charge is -2.22. The average Bonchev–Trinajstić information content (AvgIpc) is 2.66. The minimum atomic E-state index is 0.273. The predicted octanol–water partition coefficient (Wildman–Crippen LogP) is 1.81. The highest BCUT2D eigenvalue weighted by Gasteiger charge is 2.13. The van der Waals surface area contributed by atoms with Crippen molar-refractivity contribution in [1.29, 1.82) is 0 Å². The van der Waals surface area contributed by atoms with E-state index in [2.05, 4.69) is 4.98 Å². The zero-order valence-corrected chi connectivity index (χ0v) is 9.46. The summed E-state index contributed by atoms with van der Waals surface area (Å²) < 4.78 is 11.1. The third kappa shape index (κ3) is 3.44. The largest absolute Gasteiger partial charge is 0.376 e. The number of anilines is 1. The molecular weight excluding hydrogens is 212 g/mol. The first kappa shape index (κ1) is 10.9. The fourth-order valence-electron chi connectivity index (χ4n) is 1.62. The highest BCUT2D eigenvalue weighted by molar-refractivity contribution is 7.13. The average molecular weight is 228 g/mol. The number of hydrogen-bond acceptors (Lipinski definition) is 5. The number of thiazole rings is 1. The van der Waals surface area contributed by atoms with E-state index in [4.69, 9.17) is 15.2 Å². The lowest BCUT2D eigenvalue weighted by atomic mass is 10.1. The van der Waals surface area contributed by atoms with Gasteiger partial charge in [0.05, 0.1) is 25.0 Å². The number of nitrogens with two attached hydrogens (primary N) is 1. The van der Waals surface area contributed by atoms with Gasteiger partial charge in [0.2, 0.25) is 0 Å². The molecule has 15 heavy (non-hydrogen) atoms. The van der Waals surface area contributed by atoms with Gasteiger partial charge in [0.1, 0.15) is 0 Å². The summed E-state index contributed by atoms with van der Waals surface area (Å²) in [7, 11) is 0. The Kier molecular flexibility index (Phi) is 3.94. The van der Waals surface area contributed by atoms with E-state index in [1.165, 1.54) is 24.2 Å². The lowest BCUT2D eigenvalue weighted by molar-refractivity contribution is -0.0451. The minimum absolute atomic E-state index is 0.273. The van der Waals surface area contributed by atoms with E-state index in [1.807, 2.05) is 5.38 Å². The van der Waals surface area contributed by atoms with Gasteiger partial charge in [0.15, 0.2) is 5.13 Å². The van der Waals surface area contributed by atoms with E-state index >= 15 is 0 Å². The molecule has 2 heterocycles. The van der Waals surface area contributed by atoms with Crippen LogP contribution < -0.4 is 5.73 Å². The van der Waals surface area contributed by atoms with Crippen LogP contribution in [0.25, 0.3) is 0 Å². The molecule has 0 aliphatic carbocycles. The van der Waals surface area contributed by atoms with E-state index in [1.54, 1.807) is 0 Å². The van der Waals surface area contributed by atoms with Gasteiger partial charge < -0.3 is 15.2 Å². The maximum atomic E-state index is 5.55. The number of hydrogen-bond donors (Lipinski definition) is 1. The predicted molar refractivity (Wildman–Crippen MR) is 59.8 cm³/mol. The normalized spacial score (nSPS) is 21.7. The van der Waals surface area contributed by atoms with Crippen molar-refractivity contribution in [3.05, 3.63) is 11.1 Å². The molecule has 0 aromatic carbocycles. The minimum Gasteiger partial charge on any atom is -0.376 e. The Hall–Kier alpha value is -0.650. The molecule has 2 N–H and O–H groups in total. The van der Waals surface area contributed by atoms with Gasteiger partial charge in [0.25, 0.3) is 0 Å². The molecular formula is C10H16N2O2S. The number of nitrogens with zero attached hydrogens (tertiary/aromatic N) is 1. The van der Waals surface area contributed by atoms with Gasteiger partial charge in [-0.1, -0.05) is 0 Å². The molecule has 0 amide bonds. The van der Waals surface area contributed by atoms with Crippen molar-refractivity contribution >= 4 is 16.5 Å². The van der Waals surface area contributed by atoms with E-state index < -0.39 is 0 Å². The molecule has 1 aromatic heterocycles. The molecule has 1 aromatic rings. The lowest BCUT2D eigenvalue weighted by Crippen LogP contribution is -2.24. The molecule has 2 rings (SSSR count). The van der Waals surface area contributed by atoms with Crippen LogP contribution in [0.4, 0.5) is 5.13 Å². The van der Waals surface area contributed by atoms with Crippen LogP contribution in [0.5, 0.6) is 0 Å². The summed E-state index contributed by atoms with van der Waals surface area (Å²) in [6.45, 7) is 2.07. The van der Waals surface area contributed by atoms with E-state index in [0.717, 1.165) is 18.7 Å². The van der Waals surface area contributed by atoms with E-state index in [0.29, 0.717) is 18.3 Å². The van der Waals surface area contributed by atoms with Crippen molar-refractivity contribution in [1.82, 2.24) is 4.98 Å². The Morgan fingerprint density at radius 2 is 2.53 bits per heavy atom. The Labute approximate surface area is 93.4 Å². The van der Waals surface area contributed by atoms with Crippen molar-refractivity contribution in [2.75, 3.05) is 18.9 Å². The van der Waals surface area contributed by atoms with Crippen LogP contribution >= 0.6 is 11.3 Å². The molecule has 1 aliphatic rings. The van der Waals surface area contributed by atoms with Crippen molar-refractivity contribution in [2.24, 2.45) is 0 Å². The monoisotopic (exact) mass is 228 g/mol. The first-order valence-electron chi connectivity index (χ1n) is 5.24. The van der Waals surface area contributed by atoms with Gasteiger partial charge >= 0.3 is 0 Å². The van der Waals surface area contributed by atoms with Crippen LogP contribution in [-0.2, 0) is 16.1 Å². The van der Waals surface area contributed by atoms with E-state index in [9.17, 15) is 0 Å². The summed E-state index contributed by atoms with van der Waals surface area (Å²) in [6.07, 6.45) is 3.81. The maximum Gasteiger partial charge on any atom is 0.180 e. The number of ether oxygens (including phenoxy) is 2. The smallest absolute Gasteiger partial charge is 0.180 e. The second-order valence-electron chi connectivity index (χ2n) is 3.68. The summed E-state index contributed by atoms with van der Waals surface area (Å²) in [4.78, 5) is 4.12. The summed E-state index contributed by atoms with van der Waals surface area (Å²) in [5.41, 5.74) is 6.43. The molecule has 84 valence electrons. The highest BCUT2D eigenvalue weighted by atomic mass is 32.1. The van der Waals surface area contributed by atoms with Crippen molar-refractivity contribution in [3.8, 4) is 0 Å². The SMILES string of the molecule is Nc1nc(COCC2CCCCO2)cs1. The summed E-state index contributed by atoms with van der Waals surface area (Å²) in [5.74, 6) is 0. The van der Waals surface area contributed by atoms with Crippen molar-refractivity contribution in [2.45, 2.75) is 32.0 Å². The molecule has 0 saturated carbocycles. The van der Waals surface area contributed by atoms with Gasteiger partial charge in [-0.3, -0.25) is 0 Å². The second-order valence-corrected chi connectivity index (χ2v) is 4.57. The number of aromatic nitrogens is 1. The van der Waals surface area contributed by atoms with Gasteiger partial charge in [-0.05, 0) is 19.3 Å². The Morgan fingerprint density at radius 1 is 1.60 bits per heavy atom. The maximum absolute atomic E-state index is 5.55. The number of rotatable bonds is 4. The molecule has 1 unspecified atom stereocenters. The van der Waals surface area contributed by atoms with Gasteiger partial charge in [-0.15, -0.1) is 11.3 Å². The van der Waals surface area contributed by atoms with Gasteiger partial charge in [0, 0.05) is 12.0 Å². The van der Waals surface area contributed by atoms with Crippen LogP contribution in [0.2, 0.25) is 0 Å². The summed E-state index contributed by atoms with van der Waals surface area (Å²) >= 11 is 1.45. The quantitative estimate of drug-likeness (QED) is 0.854.